The average molecular weight is 301 g/mol. The van der Waals surface area contributed by atoms with Crippen molar-refractivity contribution in [3.05, 3.63) is 64.9 Å². The van der Waals surface area contributed by atoms with Gasteiger partial charge in [-0.25, -0.2) is 8.78 Å². The van der Waals surface area contributed by atoms with Crippen molar-refractivity contribution < 1.29 is 18.0 Å². The highest BCUT2D eigenvalue weighted by atomic mass is 19.1. The zero-order valence-corrected chi connectivity index (χ0v) is 12.0. The van der Waals surface area contributed by atoms with Gasteiger partial charge in [-0.1, -0.05) is 18.2 Å². The van der Waals surface area contributed by atoms with Crippen LogP contribution in [0.2, 0.25) is 0 Å². The third kappa shape index (κ3) is 2.35. The average Bonchev–Trinajstić information content (AvgIpc) is 2.82. The van der Waals surface area contributed by atoms with Gasteiger partial charge in [-0.2, -0.15) is 0 Å². The summed E-state index contributed by atoms with van der Waals surface area (Å²) in [6.45, 7) is 3.43. The lowest BCUT2D eigenvalue weighted by atomic mass is 10.1. The molecule has 0 fully saturated rings. The number of rotatable bonds is 2. The number of fused-ring (bicyclic) bond motifs is 1. The first-order valence-electron chi connectivity index (χ1n) is 6.72. The third-order valence-electron chi connectivity index (χ3n) is 3.57. The van der Waals surface area contributed by atoms with Crippen LogP contribution in [0.5, 0.6) is 0 Å². The Labute approximate surface area is 125 Å². The highest BCUT2D eigenvalue weighted by molar-refractivity contribution is 6.06. The fourth-order valence-corrected chi connectivity index (χ4v) is 2.33. The van der Waals surface area contributed by atoms with E-state index in [4.69, 9.17) is 4.42 Å². The van der Waals surface area contributed by atoms with Crippen molar-refractivity contribution in [2.24, 2.45) is 0 Å². The molecule has 3 rings (SSSR count). The summed E-state index contributed by atoms with van der Waals surface area (Å²) in [5.41, 5.74) is 1.65. The van der Waals surface area contributed by atoms with Crippen molar-refractivity contribution in [3.8, 4) is 0 Å². The highest BCUT2D eigenvalue weighted by Gasteiger charge is 2.20. The fraction of sp³-hybridized carbons (Fsp3) is 0.118. The molecule has 3 aromatic rings. The first-order valence-corrected chi connectivity index (χ1v) is 6.72. The van der Waals surface area contributed by atoms with E-state index in [0.29, 0.717) is 16.6 Å². The van der Waals surface area contributed by atoms with Gasteiger partial charge in [0.05, 0.1) is 0 Å². The number of halogens is 2. The molecule has 1 aromatic heterocycles. The standard InChI is InChI=1S/C17H13F2NO2/c1-9-6-7-11(18)8-14(9)20-17(21)15-10(2)12-4-3-5-13(19)16(12)22-15/h3-8H,1-2H3,(H,20,21). The van der Waals surface area contributed by atoms with Gasteiger partial charge in [0.2, 0.25) is 0 Å². The van der Waals surface area contributed by atoms with Crippen molar-refractivity contribution in [1.29, 1.82) is 0 Å². The topological polar surface area (TPSA) is 42.2 Å². The molecular weight excluding hydrogens is 288 g/mol. The second kappa shape index (κ2) is 5.26. The Morgan fingerprint density at radius 2 is 1.91 bits per heavy atom. The molecule has 3 nitrogen and oxygen atoms in total. The highest BCUT2D eigenvalue weighted by Crippen LogP contribution is 2.28. The monoisotopic (exact) mass is 301 g/mol. The van der Waals surface area contributed by atoms with E-state index in [1.165, 1.54) is 18.2 Å². The Hall–Kier alpha value is -2.69. The summed E-state index contributed by atoms with van der Waals surface area (Å²) < 4.78 is 32.3. The molecule has 0 saturated heterocycles. The van der Waals surface area contributed by atoms with E-state index in [0.717, 1.165) is 5.56 Å². The molecule has 112 valence electrons. The number of hydrogen-bond acceptors (Lipinski definition) is 2. The van der Waals surface area contributed by atoms with Gasteiger partial charge in [0.1, 0.15) is 5.82 Å². The summed E-state index contributed by atoms with van der Waals surface area (Å²) >= 11 is 0. The predicted molar refractivity (Wildman–Crippen MR) is 80.0 cm³/mol. The quantitative estimate of drug-likeness (QED) is 0.752. The van der Waals surface area contributed by atoms with Crippen molar-refractivity contribution in [2.45, 2.75) is 13.8 Å². The third-order valence-corrected chi connectivity index (χ3v) is 3.57. The molecule has 22 heavy (non-hydrogen) atoms. The molecule has 0 unspecified atom stereocenters. The maximum absolute atomic E-state index is 13.7. The van der Waals surface area contributed by atoms with Crippen LogP contribution in [0.3, 0.4) is 0 Å². The first kappa shape index (κ1) is 14.3. The predicted octanol–water partition coefficient (Wildman–Crippen LogP) is 4.58. The SMILES string of the molecule is Cc1ccc(F)cc1NC(=O)c1oc2c(F)cccc2c1C. The second-order valence-electron chi connectivity index (χ2n) is 5.09. The van der Waals surface area contributed by atoms with Crippen molar-refractivity contribution in [2.75, 3.05) is 5.32 Å². The minimum Gasteiger partial charge on any atom is -0.448 e. The molecule has 1 amide bonds. The summed E-state index contributed by atoms with van der Waals surface area (Å²) in [7, 11) is 0. The number of anilines is 1. The lowest BCUT2D eigenvalue weighted by Crippen LogP contribution is -2.13. The maximum atomic E-state index is 13.7. The zero-order chi connectivity index (χ0) is 15.9. The fourth-order valence-electron chi connectivity index (χ4n) is 2.33. The van der Waals surface area contributed by atoms with Crippen LogP contribution in [-0.4, -0.2) is 5.91 Å². The molecule has 1 heterocycles. The minimum atomic E-state index is -0.540. The lowest BCUT2D eigenvalue weighted by Gasteiger charge is -2.07. The van der Waals surface area contributed by atoms with Gasteiger partial charge in [-0.05, 0) is 37.6 Å². The van der Waals surface area contributed by atoms with Crippen LogP contribution < -0.4 is 5.32 Å². The molecule has 0 bridgehead atoms. The molecule has 0 spiro atoms. The number of para-hydroxylation sites is 1. The Balaban J connectivity index is 2.01. The second-order valence-corrected chi connectivity index (χ2v) is 5.09. The van der Waals surface area contributed by atoms with E-state index in [9.17, 15) is 13.6 Å². The number of aryl methyl sites for hydroxylation is 2. The van der Waals surface area contributed by atoms with Gasteiger partial charge >= 0.3 is 0 Å². The minimum absolute atomic E-state index is 0.0174. The Morgan fingerprint density at radius 3 is 2.64 bits per heavy atom. The molecule has 5 heteroatoms. The van der Waals surface area contributed by atoms with E-state index in [1.807, 2.05) is 0 Å². The van der Waals surface area contributed by atoms with Gasteiger partial charge in [0.25, 0.3) is 5.91 Å². The maximum Gasteiger partial charge on any atom is 0.291 e. The van der Waals surface area contributed by atoms with Crippen molar-refractivity contribution in [3.63, 3.8) is 0 Å². The summed E-state index contributed by atoms with van der Waals surface area (Å²) in [5.74, 6) is -1.50. The molecule has 0 radical (unpaired) electrons. The van der Waals surface area contributed by atoms with Crippen LogP contribution in [0.1, 0.15) is 21.7 Å². The van der Waals surface area contributed by atoms with Crippen molar-refractivity contribution >= 4 is 22.6 Å². The summed E-state index contributed by atoms with van der Waals surface area (Å²) in [5, 5.41) is 3.14. The Bertz CT molecular complexity index is 884. The number of hydrogen-bond donors (Lipinski definition) is 1. The molecule has 0 aliphatic rings. The number of nitrogens with one attached hydrogen (secondary N) is 1. The Morgan fingerprint density at radius 1 is 1.14 bits per heavy atom. The van der Waals surface area contributed by atoms with Gasteiger partial charge in [-0.15, -0.1) is 0 Å². The smallest absolute Gasteiger partial charge is 0.291 e. The normalized spacial score (nSPS) is 10.9. The first-order chi connectivity index (χ1) is 10.5. The van der Waals surface area contributed by atoms with Gasteiger partial charge in [0, 0.05) is 16.6 Å². The van der Waals surface area contributed by atoms with E-state index >= 15 is 0 Å². The van der Waals surface area contributed by atoms with Gasteiger partial charge in [-0.3, -0.25) is 4.79 Å². The van der Waals surface area contributed by atoms with Crippen LogP contribution in [0.4, 0.5) is 14.5 Å². The largest absolute Gasteiger partial charge is 0.448 e. The molecule has 0 saturated carbocycles. The van der Waals surface area contributed by atoms with Crippen LogP contribution in [-0.2, 0) is 0 Å². The number of carbonyl (C=O) groups is 1. The van der Waals surface area contributed by atoms with Crippen molar-refractivity contribution in [1.82, 2.24) is 0 Å². The molecule has 2 aromatic carbocycles. The summed E-state index contributed by atoms with van der Waals surface area (Å²) in [6, 6.07) is 8.61. The van der Waals surface area contributed by atoms with E-state index < -0.39 is 17.5 Å². The van der Waals surface area contributed by atoms with E-state index in [-0.39, 0.29) is 11.3 Å². The number of carbonyl (C=O) groups excluding carboxylic acids is 1. The molecule has 0 aliphatic heterocycles. The van der Waals surface area contributed by atoms with Gasteiger partial charge < -0.3 is 9.73 Å². The lowest BCUT2D eigenvalue weighted by molar-refractivity contribution is 0.0997. The summed E-state index contributed by atoms with van der Waals surface area (Å²) in [4.78, 5) is 12.3. The number of amides is 1. The van der Waals surface area contributed by atoms with E-state index in [1.54, 1.807) is 32.0 Å². The van der Waals surface area contributed by atoms with Crippen LogP contribution in [0.15, 0.2) is 40.8 Å². The van der Waals surface area contributed by atoms with Crippen LogP contribution in [0, 0.1) is 25.5 Å². The zero-order valence-electron chi connectivity index (χ0n) is 12.0. The molecule has 1 N–H and O–H groups in total. The number of benzene rings is 2. The molecule has 0 atom stereocenters. The van der Waals surface area contributed by atoms with Gasteiger partial charge in [0.15, 0.2) is 17.2 Å². The number of furan rings is 1. The molecular formula is C17H13F2NO2. The van der Waals surface area contributed by atoms with Crippen LogP contribution in [0.25, 0.3) is 11.0 Å². The summed E-state index contributed by atoms with van der Waals surface area (Å²) in [6.07, 6.45) is 0. The Kier molecular flexibility index (Phi) is 3.41. The van der Waals surface area contributed by atoms with Crippen LogP contribution >= 0.6 is 0 Å². The molecule has 0 aliphatic carbocycles. The van der Waals surface area contributed by atoms with E-state index in [2.05, 4.69) is 5.32 Å².